The van der Waals surface area contributed by atoms with Gasteiger partial charge in [-0.05, 0) is 0 Å². The SMILES string of the molecule is [O]=[W](=[O])([O-])[O][W](=[O])(=[O])[O][W](=[O])(=[O])[O][W](=[O])(=[O])[OH]. The minimum absolute atomic E-state index is 2.90. The summed E-state index contributed by atoms with van der Waals surface area (Å²) in [5.74, 6) is 0. The first kappa shape index (κ1) is 18.0. The van der Waals surface area contributed by atoms with E-state index in [9.17, 15) is 30.9 Å². The topological polar surface area (TPSA) is 208 Å². The van der Waals surface area contributed by atoms with Gasteiger partial charge in [-0.25, -0.2) is 0 Å². The Kier molecular flexibility index (Phi) is 5.83. The van der Waals surface area contributed by atoms with Crippen LogP contribution in [0.4, 0.5) is 0 Å². The van der Waals surface area contributed by atoms with E-state index in [4.69, 9.17) is 3.76 Å². The Labute approximate surface area is 107 Å². The predicted octanol–water partition coefficient (Wildman–Crippen LogP) is -2.91. The maximum atomic E-state index is 10.6. The summed E-state index contributed by atoms with van der Waals surface area (Å²) in [5, 5.41) is 0. The zero-order valence-corrected chi connectivity index (χ0v) is 18.7. The second-order valence-corrected chi connectivity index (χ2v) is 27.2. The third-order valence-electron chi connectivity index (χ3n) is 0.503. The Morgan fingerprint density at radius 1 is 0.706 bits per heavy atom. The molecule has 0 fully saturated rings. The molecule has 0 unspecified atom stereocenters. The van der Waals surface area contributed by atoms with Gasteiger partial charge in [0.2, 0.25) is 0 Å². The summed E-state index contributed by atoms with van der Waals surface area (Å²) < 4.78 is 109. The molecule has 0 radical (unpaired) electrons. The van der Waals surface area contributed by atoms with Gasteiger partial charge in [0.05, 0.1) is 0 Å². The van der Waals surface area contributed by atoms with E-state index in [1.165, 1.54) is 0 Å². The van der Waals surface area contributed by atoms with Gasteiger partial charge in [0.15, 0.2) is 0 Å². The van der Waals surface area contributed by atoms with Crippen molar-refractivity contribution in [3.63, 3.8) is 0 Å². The minimum atomic E-state index is -7.19. The van der Waals surface area contributed by atoms with Crippen LogP contribution in [0, 0.1) is 0 Å². The summed E-state index contributed by atoms with van der Waals surface area (Å²) in [7, 11) is 0. The van der Waals surface area contributed by atoms with E-state index in [2.05, 4.69) is 6.13 Å². The number of hydrogen-bond donors (Lipinski definition) is 1. The Balaban J connectivity index is 5.11. The predicted molar refractivity (Wildman–Crippen MR) is 11.0 cm³/mol. The van der Waals surface area contributed by atoms with Gasteiger partial charge in [0.25, 0.3) is 0 Å². The van der Waals surface area contributed by atoms with Gasteiger partial charge in [-0.2, -0.15) is 0 Å². The van der Waals surface area contributed by atoms with Crippen molar-refractivity contribution >= 4 is 0 Å². The van der Waals surface area contributed by atoms with Crippen molar-refractivity contribution in [3.8, 4) is 0 Å². The van der Waals surface area contributed by atoms with E-state index in [1.807, 2.05) is 0 Å². The fourth-order valence-corrected chi connectivity index (χ4v) is 33.2. The first-order chi connectivity index (χ1) is 7.12. The molecule has 0 spiro atoms. The third kappa shape index (κ3) is 10.6. The standard InChI is InChI=1S/H2O.12O.4W/h1H2;;;;;;;;;;;;;;;;/q;;;;;;;;;;;;-1;;;;+1/p-1. The van der Waals surface area contributed by atoms with Gasteiger partial charge in [0, 0.05) is 0 Å². The Hall–Kier alpha value is 0.953. The molecule has 0 rings (SSSR count). The van der Waals surface area contributed by atoms with E-state index in [0.29, 0.717) is 0 Å². The van der Waals surface area contributed by atoms with Gasteiger partial charge in [-0.1, -0.05) is 0 Å². The Morgan fingerprint density at radius 2 is 1.06 bits per heavy atom. The first-order valence-electron chi connectivity index (χ1n) is 2.68. The molecule has 0 aromatic rings. The van der Waals surface area contributed by atoms with Crippen LogP contribution in [0.15, 0.2) is 0 Å². The zero-order chi connectivity index (χ0) is 14.1. The van der Waals surface area contributed by atoms with Crippen LogP contribution in [0.2, 0.25) is 0 Å². The van der Waals surface area contributed by atoms with Crippen molar-refractivity contribution < 1.29 is 108 Å². The molecule has 0 aromatic carbocycles. The zero-order valence-electron chi connectivity index (χ0n) is 6.98. The van der Waals surface area contributed by atoms with Crippen molar-refractivity contribution in [2.75, 3.05) is 0 Å². The summed E-state index contributed by atoms with van der Waals surface area (Å²) in [6.45, 7) is 0. The molecule has 104 valence electrons. The van der Waals surface area contributed by atoms with Crippen LogP contribution < -0.4 is 3.76 Å². The summed E-state index contributed by atoms with van der Waals surface area (Å²) in [6.07, 6.45) is 0. The summed E-state index contributed by atoms with van der Waals surface area (Å²) in [4.78, 5) is 0. The number of rotatable bonds is 6. The van der Waals surface area contributed by atoms with Gasteiger partial charge in [-0.3, -0.25) is 0 Å². The quantitative estimate of drug-likeness (QED) is 0.284. The fraction of sp³-hybridized carbons (Fsp3) is 0. The molecule has 0 heterocycles. The van der Waals surface area contributed by atoms with E-state index in [-0.39, 0.29) is 0 Å². The molecule has 1 N–H and O–H groups in total. The monoisotopic (exact) mass is 945 g/mol. The molecule has 0 aliphatic carbocycles. The van der Waals surface area contributed by atoms with Gasteiger partial charge >= 0.3 is 108 Å². The van der Waals surface area contributed by atoms with E-state index in [1.54, 1.807) is 0 Å². The Bertz CT molecular complexity index is 601. The second-order valence-electron chi connectivity index (χ2n) is 1.86. The third-order valence-corrected chi connectivity index (χ3v) is 33.7. The normalized spacial score (nSPS) is 14.7. The van der Waals surface area contributed by atoms with Crippen LogP contribution in [0.1, 0.15) is 0 Å². The Morgan fingerprint density at radius 3 is 1.35 bits per heavy atom. The van der Waals surface area contributed by atoms with Crippen LogP contribution in [0.3, 0.4) is 0 Å². The van der Waals surface area contributed by atoms with Crippen molar-refractivity contribution in [1.29, 1.82) is 0 Å². The van der Waals surface area contributed by atoms with E-state index < -0.39 is 67.0 Å². The van der Waals surface area contributed by atoms with Crippen LogP contribution in [0.25, 0.3) is 0 Å². The average molecular weight is 944 g/mol. The molecule has 0 atom stereocenters. The summed E-state index contributed by atoms with van der Waals surface area (Å²) >= 11 is -28.2. The second kappa shape index (κ2) is 5.52. The first-order valence-corrected chi connectivity index (χ1v) is 22.0. The van der Waals surface area contributed by atoms with Crippen molar-refractivity contribution in [1.82, 2.24) is 0 Å². The van der Waals surface area contributed by atoms with Crippen LogP contribution in [-0.4, -0.2) is 3.76 Å². The van der Waals surface area contributed by atoms with E-state index >= 15 is 0 Å². The molecule has 17 heteroatoms. The van der Waals surface area contributed by atoms with Crippen molar-refractivity contribution in [2.24, 2.45) is 0 Å². The molecule has 0 amide bonds. The molecule has 13 nitrogen and oxygen atoms in total. The molecule has 0 aromatic heterocycles. The molecule has 17 heavy (non-hydrogen) atoms. The molecule has 0 aliphatic heterocycles. The molecular formula is HO13W4-. The van der Waals surface area contributed by atoms with Gasteiger partial charge in [-0.15, -0.1) is 0 Å². The van der Waals surface area contributed by atoms with E-state index in [0.717, 1.165) is 0 Å². The molecule has 0 saturated carbocycles. The summed E-state index contributed by atoms with van der Waals surface area (Å²) in [5.41, 5.74) is 0. The van der Waals surface area contributed by atoms with Crippen LogP contribution in [0.5, 0.6) is 0 Å². The maximum absolute atomic E-state index is 10.6. The fourth-order valence-electron chi connectivity index (χ4n) is 0.332. The van der Waals surface area contributed by atoms with Crippen molar-refractivity contribution in [3.05, 3.63) is 0 Å². The van der Waals surface area contributed by atoms with Crippen LogP contribution in [-0.2, 0) is 100 Å². The van der Waals surface area contributed by atoms with Crippen molar-refractivity contribution in [2.45, 2.75) is 0 Å². The molecule has 0 saturated heterocycles. The average Bonchev–Trinajstić information content (AvgIpc) is 1.65. The molecule has 0 aliphatic rings. The molecule has 0 bridgehead atoms. The van der Waals surface area contributed by atoms with Crippen LogP contribution >= 0.6 is 0 Å². The summed E-state index contributed by atoms with van der Waals surface area (Å²) in [6, 6.07) is 0. The van der Waals surface area contributed by atoms with Gasteiger partial charge in [0.1, 0.15) is 0 Å². The van der Waals surface area contributed by atoms with Gasteiger partial charge < -0.3 is 0 Å². The molecular weight excluding hydrogens is 943 g/mol. The number of hydrogen-bond acceptors (Lipinski definition) is 12.